The molecule has 2 aromatic heterocycles. The van der Waals surface area contributed by atoms with Crippen molar-refractivity contribution in [1.82, 2.24) is 20.1 Å². The molecule has 1 N–H and O–H groups in total. The number of ether oxygens (including phenoxy) is 1. The van der Waals surface area contributed by atoms with Crippen LogP contribution in [0.2, 0.25) is 0 Å². The van der Waals surface area contributed by atoms with Gasteiger partial charge in [-0.25, -0.2) is 14.1 Å². The van der Waals surface area contributed by atoms with Crippen LogP contribution in [0.5, 0.6) is 11.8 Å². The van der Waals surface area contributed by atoms with Gasteiger partial charge < -0.3 is 10.1 Å². The molecule has 0 spiro atoms. The second kappa shape index (κ2) is 5.81. The summed E-state index contributed by atoms with van der Waals surface area (Å²) in [7, 11) is 1.79. The van der Waals surface area contributed by atoms with Crippen LogP contribution in [0.25, 0.3) is 0 Å². The van der Waals surface area contributed by atoms with Crippen LogP contribution in [0.4, 0.5) is 4.39 Å². The van der Waals surface area contributed by atoms with Crippen LogP contribution in [-0.2, 0) is 13.6 Å². The van der Waals surface area contributed by atoms with Crippen LogP contribution in [0, 0.1) is 12.7 Å². The Balaban J connectivity index is 2.24. The molecule has 2 aromatic rings. The third-order valence-electron chi connectivity index (χ3n) is 2.86. The second-order valence-electron chi connectivity index (χ2n) is 6.07. The van der Waals surface area contributed by atoms with Gasteiger partial charge in [-0.2, -0.15) is 5.10 Å². The van der Waals surface area contributed by atoms with Crippen molar-refractivity contribution in [2.45, 2.75) is 39.8 Å². The summed E-state index contributed by atoms with van der Waals surface area (Å²) < 4.78 is 20.8. The summed E-state index contributed by atoms with van der Waals surface area (Å²) >= 11 is 0. The molecule has 0 aromatic carbocycles. The largest absolute Gasteiger partial charge is 0.421 e. The SMILES string of the molecule is Cc1cc(Oc2ncc(F)cc2CNC(C)(C)C)n(C)n1. The lowest BCUT2D eigenvalue weighted by Gasteiger charge is -2.21. The average Bonchev–Trinajstić information content (AvgIpc) is 2.67. The summed E-state index contributed by atoms with van der Waals surface area (Å²) in [6.45, 7) is 8.49. The smallest absolute Gasteiger partial charge is 0.225 e. The molecule has 0 fully saturated rings. The molecule has 0 aliphatic rings. The van der Waals surface area contributed by atoms with Gasteiger partial charge in [0.15, 0.2) is 0 Å². The van der Waals surface area contributed by atoms with E-state index in [0.29, 0.717) is 23.9 Å². The van der Waals surface area contributed by atoms with E-state index in [1.54, 1.807) is 11.7 Å². The van der Waals surface area contributed by atoms with Gasteiger partial charge in [0.2, 0.25) is 11.8 Å². The fraction of sp³-hybridized carbons (Fsp3) is 0.467. The molecule has 0 atom stereocenters. The lowest BCUT2D eigenvalue weighted by atomic mass is 10.1. The summed E-state index contributed by atoms with van der Waals surface area (Å²) in [5, 5.41) is 7.52. The normalized spacial score (nSPS) is 11.7. The van der Waals surface area contributed by atoms with E-state index in [-0.39, 0.29) is 11.4 Å². The number of aromatic nitrogens is 3. The summed E-state index contributed by atoms with van der Waals surface area (Å²) in [5.41, 5.74) is 1.44. The van der Waals surface area contributed by atoms with Crippen molar-refractivity contribution in [1.29, 1.82) is 0 Å². The number of hydrogen-bond donors (Lipinski definition) is 1. The molecule has 0 amide bonds. The highest BCUT2D eigenvalue weighted by atomic mass is 19.1. The Morgan fingerprint density at radius 3 is 2.62 bits per heavy atom. The van der Waals surface area contributed by atoms with Gasteiger partial charge in [-0.05, 0) is 33.8 Å². The Bertz CT molecular complexity index is 631. The molecule has 0 radical (unpaired) electrons. The van der Waals surface area contributed by atoms with Crippen molar-refractivity contribution in [3.8, 4) is 11.8 Å². The maximum atomic E-state index is 13.4. The van der Waals surface area contributed by atoms with E-state index in [9.17, 15) is 4.39 Å². The molecule has 0 bridgehead atoms. The molecule has 6 heteroatoms. The Morgan fingerprint density at radius 2 is 2.05 bits per heavy atom. The van der Waals surface area contributed by atoms with Crippen molar-refractivity contribution in [3.63, 3.8) is 0 Å². The van der Waals surface area contributed by atoms with E-state index < -0.39 is 0 Å². The molecule has 0 aliphatic carbocycles. The zero-order valence-electron chi connectivity index (χ0n) is 13.1. The summed E-state index contributed by atoms with van der Waals surface area (Å²) in [6, 6.07) is 3.25. The molecule has 21 heavy (non-hydrogen) atoms. The van der Waals surface area contributed by atoms with Crippen LogP contribution in [0.3, 0.4) is 0 Å². The predicted octanol–water partition coefficient (Wildman–Crippen LogP) is 2.94. The van der Waals surface area contributed by atoms with Crippen molar-refractivity contribution in [2.75, 3.05) is 0 Å². The van der Waals surface area contributed by atoms with Crippen LogP contribution in [0.1, 0.15) is 32.0 Å². The second-order valence-corrected chi connectivity index (χ2v) is 6.07. The summed E-state index contributed by atoms with van der Waals surface area (Å²) in [5.74, 6) is 0.578. The molecule has 0 saturated heterocycles. The highest BCUT2D eigenvalue weighted by Gasteiger charge is 2.14. The Labute approximate surface area is 124 Å². The first kappa shape index (κ1) is 15.4. The number of aryl methyl sites for hydroxylation is 2. The zero-order valence-corrected chi connectivity index (χ0v) is 13.1. The standard InChI is InChI=1S/C15H21FN4O/c1-10-6-13(20(5)19-10)21-14-11(7-12(16)9-17-14)8-18-15(2,3)4/h6-7,9,18H,8H2,1-5H3. The van der Waals surface area contributed by atoms with Gasteiger partial charge in [-0.1, -0.05) is 0 Å². The fourth-order valence-electron chi connectivity index (χ4n) is 1.83. The number of nitrogens with zero attached hydrogens (tertiary/aromatic N) is 3. The first-order valence-corrected chi connectivity index (χ1v) is 6.82. The predicted molar refractivity (Wildman–Crippen MR) is 78.8 cm³/mol. The van der Waals surface area contributed by atoms with Crippen molar-refractivity contribution in [2.24, 2.45) is 7.05 Å². The number of rotatable bonds is 4. The minimum absolute atomic E-state index is 0.0767. The molecule has 2 rings (SSSR count). The van der Waals surface area contributed by atoms with Crippen molar-refractivity contribution in [3.05, 3.63) is 35.4 Å². The molecule has 2 heterocycles. The zero-order chi connectivity index (χ0) is 15.6. The number of halogens is 1. The first-order chi connectivity index (χ1) is 9.74. The van der Waals surface area contributed by atoms with E-state index in [2.05, 4.69) is 15.4 Å². The van der Waals surface area contributed by atoms with Gasteiger partial charge in [-0.3, -0.25) is 0 Å². The lowest BCUT2D eigenvalue weighted by molar-refractivity contribution is 0.390. The van der Waals surface area contributed by atoms with Crippen molar-refractivity contribution >= 4 is 0 Å². The third kappa shape index (κ3) is 4.26. The van der Waals surface area contributed by atoms with Gasteiger partial charge >= 0.3 is 0 Å². The molecular weight excluding hydrogens is 271 g/mol. The summed E-state index contributed by atoms with van der Waals surface area (Å²) in [6.07, 6.45) is 1.15. The van der Waals surface area contributed by atoms with Crippen molar-refractivity contribution < 1.29 is 9.13 Å². The highest BCUT2D eigenvalue weighted by molar-refractivity contribution is 5.30. The van der Waals surface area contributed by atoms with Crippen LogP contribution in [0.15, 0.2) is 18.3 Å². The van der Waals surface area contributed by atoms with Crippen LogP contribution >= 0.6 is 0 Å². The number of pyridine rings is 1. The molecule has 5 nitrogen and oxygen atoms in total. The quantitative estimate of drug-likeness (QED) is 0.941. The Hall–Kier alpha value is -1.95. The van der Waals surface area contributed by atoms with Gasteiger partial charge in [0.05, 0.1) is 11.9 Å². The first-order valence-electron chi connectivity index (χ1n) is 6.82. The van der Waals surface area contributed by atoms with E-state index in [4.69, 9.17) is 4.74 Å². The molecule has 0 saturated carbocycles. The molecular formula is C15H21FN4O. The van der Waals surface area contributed by atoms with E-state index >= 15 is 0 Å². The monoisotopic (exact) mass is 292 g/mol. The van der Waals surface area contributed by atoms with E-state index in [1.165, 1.54) is 6.07 Å². The maximum absolute atomic E-state index is 13.4. The average molecular weight is 292 g/mol. The van der Waals surface area contributed by atoms with E-state index in [0.717, 1.165) is 11.9 Å². The van der Waals surface area contributed by atoms with Gasteiger partial charge in [0.25, 0.3) is 0 Å². The minimum atomic E-state index is -0.380. The fourth-order valence-corrected chi connectivity index (χ4v) is 1.83. The number of hydrogen-bond acceptors (Lipinski definition) is 4. The lowest BCUT2D eigenvalue weighted by Crippen LogP contribution is -2.35. The Morgan fingerprint density at radius 1 is 1.33 bits per heavy atom. The summed E-state index contributed by atoms with van der Waals surface area (Å²) in [4.78, 5) is 4.05. The van der Waals surface area contributed by atoms with Gasteiger partial charge in [-0.15, -0.1) is 0 Å². The highest BCUT2D eigenvalue weighted by Crippen LogP contribution is 2.24. The van der Waals surface area contributed by atoms with Gasteiger partial charge in [0, 0.05) is 30.8 Å². The topological polar surface area (TPSA) is 52.0 Å². The molecule has 114 valence electrons. The number of nitrogens with one attached hydrogen (secondary N) is 1. The van der Waals surface area contributed by atoms with Crippen LogP contribution < -0.4 is 10.1 Å². The Kier molecular flexibility index (Phi) is 4.27. The van der Waals surface area contributed by atoms with Crippen LogP contribution in [-0.4, -0.2) is 20.3 Å². The minimum Gasteiger partial charge on any atom is -0.421 e. The van der Waals surface area contributed by atoms with E-state index in [1.807, 2.05) is 33.8 Å². The maximum Gasteiger partial charge on any atom is 0.225 e. The molecule has 0 unspecified atom stereocenters. The molecule has 0 aliphatic heterocycles. The van der Waals surface area contributed by atoms with Gasteiger partial charge in [0.1, 0.15) is 5.82 Å². The third-order valence-corrected chi connectivity index (χ3v) is 2.86.